The maximum absolute atomic E-state index is 12.4. The van der Waals surface area contributed by atoms with E-state index >= 15 is 0 Å². The first-order valence-corrected chi connectivity index (χ1v) is 8.86. The fourth-order valence-electron chi connectivity index (χ4n) is 1.71. The van der Waals surface area contributed by atoms with E-state index in [0.717, 1.165) is 17.0 Å². The average Bonchev–Trinajstić information content (AvgIpc) is 2.88. The molecule has 0 N–H and O–H groups in total. The molecule has 0 saturated heterocycles. The number of hydrogen-bond acceptors (Lipinski definition) is 6. The lowest BCUT2D eigenvalue weighted by atomic mass is 10.2. The number of hydrogen-bond donors (Lipinski definition) is 0. The minimum Gasteiger partial charge on any atom is -0.354 e. The minimum absolute atomic E-state index is 0.298. The Morgan fingerprint density at radius 2 is 1.96 bits per heavy atom. The number of aryl methyl sites for hydroxylation is 2. The molecule has 2 aromatic heterocycles. The van der Waals surface area contributed by atoms with Gasteiger partial charge in [-0.3, -0.25) is 4.98 Å². The van der Waals surface area contributed by atoms with E-state index in [1.165, 1.54) is 0 Å². The van der Waals surface area contributed by atoms with Gasteiger partial charge in [0.2, 0.25) is 5.88 Å². The summed E-state index contributed by atoms with van der Waals surface area (Å²) in [5, 5.41) is 0.381. The maximum atomic E-state index is 12.4. The van der Waals surface area contributed by atoms with Gasteiger partial charge in [0.1, 0.15) is 5.01 Å². The van der Waals surface area contributed by atoms with Crippen LogP contribution in [0.5, 0.6) is 5.88 Å². The van der Waals surface area contributed by atoms with Crippen LogP contribution in [0.15, 0.2) is 18.3 Å². The number of aromatic nitrogens is 2. The van der Waals surface area contributed by atoms with Gasteiger partial charge in [0.15, 0.2) is 0 Å². The molecule has 10 heteroatoms. The summed E-state index contributed by atoms with van der Waals surface area (Å²) in [6.07, 6.45) is 2.55. The molecule has 0 fully saturated rings. The van der Waals surface area contributed by atoms with E-state index in [0.29, 0.717) is 28.3 Å². The van der Waals surface area contributed by atoms with Crippen molar-refractivity contribution >= 4 is 21.5 Å². The van der Waals surface area contributed by atoms with Crippen molar-refractivity contribution < 1.29 is 25.8 Å². The molecule has 23 heavy (non-hydrogen) atoms. The van der Waals surface area contributed by atoms with Crippen LogP contribution < -0.4 is 4.18 Å². The van der Waals surface area contributed by atoms with Gasteiger partial charge in [-0.2, -0.15) is 21.6 Å². The normalized spacial score (nSPS) is 12.4. The number of alkyl halides is 3. The van der Waals surface area contributed by atoms with E-state index in [2.05, 4.69) is 14.2 Å². The molecule has 5 nitrogen and oxygen atoms in total. The fourth-order valence-corrected chi connectivity index (χ4v) is 3.12. The average molecular weight is 366 g/mol. The topological polar surface area (TPSA) is 69.2 Å². The third-order valence-electron chi connectivity index (χ3n) is 2.88. The summed E-state index contributed by atoms with van der Waals surface area (Å²) in [4.78, 5) is 8.36. The van der Waals surface area contributed by atoms with Gasteiger partial charge in [-0.1, -0.05) is 13.8 Å². The molecule has 2 aromatic rings. The molecule has 0 aliphatic rings. The van der Waals surface area contributed by atoms with Crippen LogP contribution in [-0.2, 0) is 23.0 Å². The predicted molar refractivity (Wildman–Crippen MR) is 79.7 cm³/mol. The summed E-state index contributed by atoms with van der Waals surface area (Å²) in [7, 11) is -5.73. The fraction of sp³-hybridized carbons (Fsp3) is 0.385. The van der Waals surface area contributed by atoms with E-state index in [1.54, 1.807) is 25.3 Å². The zero-order valence-corrected chi connectivity index (χ0v) is 13.8. The van der Waals surface area contributed by atoms with Crippen molar-refractivity contribution in [2.24, 2.45) is 0 Å². The zero-order chi connectivity index (χ0) is 17.3. The summed E-state index contributed by atoms with van der Waals surface area (Å²) in [5.41, 5.74) is -4.05. The molecule has 126 valence electrons. The molecule has 0 aliphatic carbocycles. The molecular weight excluding hydrogens is 353 g/mol. The van der Waals surface area contributed by atoms with Gasteiger partial charge in [0.25, 0.3) is 0 Å². The molecule has 0 spiro atoms. The van der Waals surface area contributed by atoms with Gasteiger partial charge in [-0.25, -0.2) is 4.98 Å². The van der Waals surface area contributed by atoms with Gasteiger partial charge >= 0.3 is 15.6 Å². The Bertz CT molecular complexity index is 801. The molecule has 0 aromatic carbocycles. The Morgan fingerprint density at radius 1 is 1.26 bits per heavy atom. The van der Waals surface area contributed by atoms with Crippen LogP contribution in [0.25, 0.3) is 10.6 Å². The van der Waals surface area contributed by atoms with Crippen LogP contribution in [-0.4, -0.2) is 23.9 Å². The van der Waals surface area contributed by atoms with Crippen LogP contribution in [0.1, 0.15) is 24.4 Å². The first-order valence-electron chi connectivity index (χ1n) is 6.63. The second-order valence-electron chi connectivity index (χ2n) is 4.47. The summed E-state index contributed by atoms with van der Waals surface area (Å²) in [6.45, 7) is 3.59. The predicted octanol–water partition coefficient (Wildman–Crippen LogP) is 3.56. The molecule has 2 heterocycles. The van der Waals surface area contributed by atoms with Crippen molar-refractivity contribution in [2.45, 2.75) is 32.2 Å². The molecule has 0 amide bonds. The lowest BCUT2D eigenvalue weighted by Crippen LogP contribution is -2.28. The molecule has 2 rings (SSSR count). The Morgan fingerprint density at radius 3 is 2.52 bits per heavy atom. The van der Waals surface area contributed by atoms with Gasteiger partial charge in [0, 0.05) is 17.5 Å². The summed E-state index contributed by atoms with van der Waals surface area (Å²) >= 11 is 1.09. The summed E-state index contributed by atoms with van der Waals surface area (Å²) in [6, 6.07) is 3.40. The molecule has 0 bridgehead atoms. The highest BCUT2D eigenvalue weighted by Crippen LogP contribution is 2.35. The number of nitrogens with zero attached hydrogens (tertiary/aromatic N) is 2. The Balaban J connectivity index is 2.42. The highest BCUT2D eigenvalue weighted by molar-refractivity contribution is 7.88. The van der Waals surface area contributed by atoms with Crippen LogP contribution in [0.2, 0.25) is 0 Å². The molecule has 0 saturated carbocycles. The van der Waals surface area contributed by atoms with Crippen LogP contribution in [0.4, 0.5) is 13.2 Å². The largest absolute Gasteiger partial charge is 0.534 e. The van der Waals surface area contributed by atoms with Crippen LogP contribution >= 0.6 is 11.3 Å². The Hall–Kier alpha value is -1.68. The molecule has 0 unspecified atom stereocenters. The van der Waals surface area contributed by atoms with Gasteiger partial charge in [0.05, 0.1) is 4.88 Å². The van der Waals surface area contributed by atoms with E-state index in [4.69, 9.17) is 0 Å². The molecular formula is C13H13F3N2O3S2. The smallest absolute Gasteiger partial charge is 0.354 e. The van der Waals surface area contributed by atoms with E-state index in [9.17, 15) is 21.6 Å². The highest BCUT2D eigenvalue weighted by atomic mass is 32.2. The van der Waals surface area contributed by atoms with Crippen molar-refractivity contribution in [3.8, 4) is 16.5 Å². The van der Waals surface area contributed by atoms with E-state index in [-0.39, 0.29) is 0 Å². The third kappa shape index (κ3) is 3.81. The molecule has 0 radical (unpaired) electrons. The minimum atomic E-state index is -5.73. The number of halogens is 3. The lowest BCUT2D eigenvalue weighted by molar-refractivity contribution is -0.0501. The summed E-state index contributed by atoms with van der Waals surface area (Å²) in [5.74, 6) is -0.528. The Kier molecular flexibility index (Phi) is 4.95. The summed E-state index contributed by atoms with van der Waals surface area (Å²) < 4.78 is 63.8. The third-order valence-corrected chi connectivity index (χ3v) is 5.05. The number of rotatable bonds is 5. The van der Waals surface area contributed by atoms with Gasteiger partial charge < -0.3 is 4.18 Å². The monoisotopic (exact) mass is 366 g/mol. The lowest BCUT2D eigenvalue weighted by Gasteiger charge is -2.07. The zero-order valence-electron chi connectivity index (χ0n) is 12.2. The first kappa shape index (κ1) is 17.7. The standard InChI is InChI=1S/C13H13F3N2O3S2/c1-3-9-7-8(5-6-17-9)12-18-11(10(4-2)22-12)21-23(19,20)13(14,15)16/h5-7H,3-4H2,1-2H3. The van der Waals surface area contributed by atoms with Crippen molar-refractivity contribution in [1.82, 2.24) is 9.97 Å². The van der Waals surface area contributed by atoms with Crippen LogP contribution in [0, 0.1) is 0 Å². The second-order valence-corrected chi connectivity index (χ2v) is 7.09. The van der Waals surface area contributed by atoms with Crippen LogP contribution in [0.3, 0.4) is 0 Å². The second kappa shape index (κ2) is 6.44. The van der Waals surface area contributed by atoms with Gasteiger partial charge in [-0.05, 0) is 25.0 Å². The van der Waals surface area contributed by atoms with Gasteiger partial charge in [-0.15, -0.1) is 11.3 Å². The SMILES string of the molecule is CCc1cc(-c2nc(OS(=O)(=O)C(F)(F)F)c(CC)s2)ccn1. The van der Waals surface area contributed by atoms with Crippen molar-refractivity contribution in [1.29, 1.82) is 0 Å². The van der Waals surface area contributed by atoms with Crippen molar-refractivity contribution in [3.05, 3.63) is 28.9 Å². The Labute approximate surface area is 135 Å². The highest BCUT2D eigenvalue weighted by Gasteiger charge is 2.49. The molecule has 0 aliphatic heterocycles. The van der Waals surface area contributed by atoms with Crippen molar-refractivity contribution in [3.63, 3.8) is 0 Å². The van der Waals surface area contributed by atoms with E-state index < -0.39 is 21.5 Å². The van der Waals surface area contributed by atoms with E-state index in [1.807, 2.05) is 6.92 Å². The molecule has 0 atom stereocenters. The first-order chi connectivity index (χ1) is 10.7. The quantitative estimate of drug-likeness (QED) is 0.598. The maximum Gasteiger partial charge on any atom is 0.534 e. The van der Waals surface area contributed by atoms with Crippen molar-refractivity contribution in [2.75, 3.05) is 0 Å². The number of thiazole rings is 1. The number of pyridine rings is 1.